The molecule has 39 heavy (non-hydrogen) atoms. The molecule has 0 saturated heterocycles. The average molecular weight is 543 g/mol. The number of hydrogen-bond acceptors (Lipinski definition) is 7. The van der Waals surface area contributed by atoms with E-state index in [1.807, 2.05) is 85.6 Å². The molecule has 200 valence electrons. The smallest absolute Gasteiger partial charge is 0.262 e. The molecule has 0 saturated carbocycles. The van der Waals surface area contributed by atoms with Gasteiger partial charge in [0.15, 0.2) is 5.17 Å². The molecule has 0 radical (unpaired) electrons. The quantitative estimate of drug-likeness (QED) is 0.424. The summed E-state index contributed by atoms with van der Waals surface area (Å²) in [7, 11) is 3.27. The van der Waals surface area contributed by atoms with E-state index in [0.717, 1.165) is 45.2 Å². The van der Waals surface area contributed by atoms with Gasteiger partial charge in [0.1, 0.15) is 16.7 Å². The van der Waals surface area contributed by atoms with Crippen LogP contribution >= 0.6 is 11.8 Å². The van der Waals surface area contributed by atoms with Gasteiger partial charge in [0.2, 0.25) is 5.91 Å². The molecule has 3 aromatic carbocycles. The van der Waals surface area contributed by atoms with Crippen molar-refractivity contribution in [3.05, 3.63) is 89.0 Å². The molecule has 8 nitrogen and oxygen atoms in total. The van der Waals surface area contributed by atoms with E-state index in [2.05, 4.69) is 10.3 Å². The molecule has 0 aromatic heterocycles. The number of hydrazone groups is 1. The number of methoxy groups -OCH3 is 2. The van der Waals surface area contributed by atoms with Gasteiger partial charge in [-0.25, -0.2) is 5.01 Å². The number of hydrogen-bond donors (Lipinski definition) is 1. The Labute approximate surface area is 232 Å². The summed E-state index contributed by atoms with van der Waals surface area (Å²) in [6, 6.07) is 21.3. The van der Waals surface area contributed by atoms with Gasteiger partial charge in [0, 0.05) is 18.5 Å². The van der Waals surface area contributed by atoms with E-state index in [1.54, 1.807) is 14.2 Å². The lowest BCUT2D eigenvalue weighted by Crippen LogP contribution is -2.25. The second kappa shape index (κ2) is 11.3. The van der Waals surface area contributed by atoms with Gasteiger partial charge < -0.3 is 14.8 Å². The Bertz CT molecular complexity index is 1450. The maximum atomic E-state index is 12.9. The summed E-state index contributed by atoms with van der Waals surface area (Å²) >= 11 is 1.28. The van der Waals surface area contributed by atoms with Gasteiger partial charge in [-0.05, 0) is 73.0 Å². The van der Waals surface area contributed by atoms with Crippen LogP contribution in [0.5, 0.6) is 11.5 Å². The first-order valence-electron chi connectivity index (χ1n) is 12.7. The average Bonchev–Trinajstić information content (AvgIpc) is 3.54. The monoisotopic (exact) mass is 542 g/mol. The summed E-state index contributed by atoms with van der Waals surface area (Å²) in [5.41, 5.74) is 5.72. The van der Waals surface area contributed by atoms with Crippen molar-refractivity contribution in [2.75, 3.05) is 19.5 Å². The Balaban J connectivity index is 1.35. The normalized spacial score (nSPS) is 18.6. The van der Waals surface area contributed by atoms with E-state index in [1.165, 1.54) is 11.8 Å². The molecule has 0 spiro atoms. The Morgan fingerprint density at radius 3 is 2.31 bits per heavy atom. The van der Waals surface area contributed by atoms with Crippen molar-refractivity contribution >= 4 is 40.1 Å². The largest absolute Gasteiger partial charge is 0.497 e. The molecular formula is C30H30N4O4S. The molecule has 0 aliphatic carbocycles. The van der Waals surface area contributed by atoms with Crippen molar-refractivity contribution in [3.63, 3.8) is 0 Å². The van der Waals surface area contributed by atoms with E-state index in [0.29, 0.717) is 11.6 Å². The lowest BCUT2D eigenvalue weighted by Gasteiger charge is -2.23. The first kappa shape index (κ1) is 26.5. The number of aliphatic imine (C=N–C) groups is 1. The van der Waals surface area contributed by atoms with Crippen LogP contribution in [0.4, 0.5) is 5.69 Å². The highest BCUT2D eigenvalue weighted by molar-refractivity contribution is 8.15. The highest BCUT2D eigenvalue weighted by Gasteiger charge is 2.39. The van der Waals surface area contributed by atoms with Crippen LogP contribution in [0.15, 0.2) is 76.8 Å². The number of aryl methyl sites for hydroxylation is 2. The van der Waals surface area contributed by atoms with E-state index in [-0.39, 0.29) is 24.3 Å². The number of anilines is 1. The van der Waals surface area contributed by atoms with Crippen molar-refractivity contribution in [2.24, 2.45) is 10.1 Å². The molecule has 0 unspecified atom stereocenters. The van der Waals surface area contributed by atoms with Crippen LogP contribution in [-0.2, 0) is 9.59 Å². The van der Waals surface area contributed by atoms with Gasteiger partial charge in [-0.15, -0.1) is 0 Å². The van der Waals surface area contributed by atoms with Crippen LogP contribution in [0.25, 0.3) is 0 Å². The maximum Gasteiger partial charge on any atom is 0.262 e. The standard InChI is InChI=1S/C30H30N4O4S/c1-18-5-14-24(19(2)15-18)31-28(35)17-27-29(36)32-30(39-27)34-26(21-8-12-23(38-4)13-9-21)16-25(33-34)20-6-10-22(37-3)11-7-20/h5-15,26-27H,16-17H2,1-4H3,(H,31,35)/t26-,27-/m0/s1. The van der Waals surface area contributed by atoms with Crippen LogP contribution in [-0.4, -0.2) is 47.2 Å². The fourth-order valence-corrected chi connectivity index (χ4v) is 5.72. The Hall–Kier alpha value is -4.11. The molecule has 0 bridgehead atoms. The predicted octanol–water partition coefficient (Wildman–Crippen LogP) is 5.50. The fraction of sp³-hybridized carbons (Fsp3) is 0.267. The van der Waals surface area contributed by atoms with Crippen LogP contribution in [0.2, 0.25) is 0 Å². The van der Waals surface area contributed by atoms with Gasteiger partial charge >= 0.3 is 0 Å². The van der Waals surface area contributed by atoms with Crippen molar-refractivity contribution in [1.82, 2.24) is 5.01 Å². The highest BCUT2D eigenvalue weighted by Crippen LogP contribution is 2.39. The minimum atomic E-state index is -0.609. The second-order valence-electron chi connectivity index (χ2n) is 9.52. The number of carbonyl (C=O) groups is 2. The lowest BCUT2D eigenvalue weighted by molar-refractivity contribution is -0.121. The molecule has 1 N–H and O–H groups in total. The maximum absolute atomic E-state index is 12.9. The zero-order valence-corrected chi connectivity index (χ0v) is 23.1. The van der Waals surface area contributed by atoms with Crippen LogP contribution in [0.1, 0.15) is 41.1 Å². The Kier molecular flexibility index (Phi) is 7.70. The SMILES string of the molecule is COc1ccc(C2=NN(C3=NC(=O)[C@H](CC(=O)Nc4ccc(C)cc4C)S3)[C@H](c3ccc(OC)cc3)C2)cc1. The second-order valence-corrected chi connectivity index (χ2v) is 10.7. The molecular weight excluding hydrogens is 512 g/mol. The predicted molar refractivity (Wildman–Crippen MR) is 155 cm³/mol. The zero-order valence-electron chi connectivity index (χ0n) is 22.3. The van der Waals surface area contributed by atoms with E-state index >= 15 is 0 Å². The molecule has 2 aliphatic rings. The summed E-state index contributed by atoms with van der Waals surface area (Å²) in [6.45, 7) is 3.95. The van der Waals surface area contributed by atoms with Gasteiger partial charge in [-0.3, -0.25) is 9.59 Å². The summed E-state index contributed by atoms with van der Waals surface area (Å²) in [6.07, 6.45) is 0.657. The third-order valence-corrected chi connectivity index (χ3v) is 7.93. The molecule has 5 rings (SSSR count). The minimum absolute atomic E-state index is 0.0277. The number of ether oxygens (including phenoxy) is 2. The van der Waals surface area contributed by atoms with Crippen molar-refractivity contribution in [2.45, 2.75) is 38.0 Å². The summed E-state index contributed by atoms with van der Waals surface area (Å²) < 4.78 is 10.6. The zero-order chi connectivity index (χ0) is 27.5. The van der Waals surface area contributed by atoms with E-state index < -0.39 is 5.25 Å². The lowest BCUT2D eigenvalue weighted by atomic mass is 9.98. The summed E-state index contributed by atoms with van der Waals surface area (Å²) in [4.78, 5) is 30.1. The summed E-state index contributed by atoms with van der Waals surface area (Å²) in [5, 5.41) is 9.54. The number of amides is 2. The van der Waals surface area contributed by atoms with Crippen molar-refractivity contribution in [1.29, 1.82) is 0 Å². The molecule has 0 fully saturated rings. The van der Waals surface area contributed by atoms with Gasteiger partial charge in [-0.1, -0.05) is 41.6 Å². The van der Waals surface area contributed by atoms with E-state index in [4.69, 9.17) is 14.6 Å². The number of benzene rings is 3. The number of nitrogens with one attached hydrogen (secondary N) is 1. The fourth-order valence-electron chi connectivity index (χ4n) is 4.66. The van der Waals surface area contributed by atoms with Crippen molar-refractivity contribution < 1.29 is 19.1 Å². The first-order chi connectivity index (χ1) is 18.8. The highest BCUT2D eigenvalue weighted by atomic mass is 32.2. The molecule has 3 aromatic rings. The number of nitrogens with zero attached hydrogens (tertiary/aromatic N) is 3. The minimum Gasteiger partial charge on any atom is -0.497 e. The topological polar surface area (TPSA) is 92.6 Å². The number of thioether (sulfide) groups is 1. The number of carbonyl (C=O) groups excluding carboxylic acids is 2. The van der Waals surface area contributed by atoms with Gasteiger partial charge in [0.05, 0.1) is 26.0 Å². The molecule has 9 heteroatoms. The molecule has 2 heterocycles. The van der Waals surface area contributed by atoms with E-state index in [9.17, 15) is 9.59 Å². The third-order valence-electron chi connectivity index (χ3n) is 6.79. The summed E-state index contributed by atoms with van der Waals surface area (Å²) in [5.74, 6) is 0.980. The van der Waals surface area contributed by atoms with Gasteiger partial charge in [0.25, 0.3) is 5.91 Å². The van der Waals surface area contributed by atoms with Crippen molar-refractivity contribution in [3.8, 4) is 11.5 Å². The molecule has 2 amide bonds. The van der Waals surface area contributed by atoms with Crippen LogP contribution in [0.3, 0.4) is 0 Å². The van der Waals surface area contributed by atoms with Gasteiger partial charge in [-0.2, -0.15) is 10.1 Å². The third kappa shape index (κ3) is 5.83. The van der Waals surface area contributed by atoms with Crippen LogP contribution in [0, 0.1) is 13.8 Å². The first-order valence-corrected chi connectivity index (χ1v) is 13.5. The molecule has 2 atom stereocenters. The Morgan fingerprint density at radius 2 is 1.67 bits per heavy atom. The molecule has 2 aliphatic heterocycles. The Morgan fingerprint density at radius 1 is 1.00 bits per heavy atom. The number of rotatable bonds is 7. The van der Waals surface area contributed by atoms with Crippen LogP contribution < -0.4 is 14.8 Å². The number of amidine groups is 1.